The van der Waals surface area contributed by atoms with E-state index in [0.717, 1.165) is 23.2 Å². The van der Waals surface area contributed by atoms with Gasteiger partial charge >= 0.3 is 0 Å². The van der Waals surface area contributed by atoms with Crippen LogP contribution in [0.4, 0.5) is 0 Å². The van der Waals surface area contributed by atoms with Crippen molar-refractivity contribution in [2.45, 2.75) is 25.7 Å². The van der Waals surface area contributed by atoms with E-state index in [-0.39, 0.29) is 0 Å². The highest BCUT2D eigenvalue weighted by Gasteiger charge is 2.29. The summed E-state index contributed by atoms with van der Waals surface area (Å²) >= 11 is 0. The van der Waals surface area contributed by atoms with Crippen LogP contribution in [-0.2, 0) is 10.0 Å². The van der Waals surface area contributed by atoms with Crippen LogP contribution in [0.25, 0.3) is 0 Å². The fourth-order valence-corrected chi connectivity index (χ4v) is 1.98. The second-order valence-electron chi connectivity index (χ2n) is 3.40. The molecule has 6 heteroatoms. The van der Waals surface area contributed by atoms with Crippen LogP contribution in [0.15, 0.2) is 0 Å². The van der Waals surface area contributed by atoms with Gasteiger partial charge in [0.2, 0.25) is 0 Å². The van der Waals surface area contributed by atoms with Crippen LogP contribution in [0.5, 0.6) is 0 Å². The summed E-state index contributed by atoms with van der Waals surface area (Å²) in [5.41, 5.74) is 0. The maximum absolute atomic E-state index is 11.2. The highest BCUT2D eigenvalue weighted by Crippen LogP contribution is 2.38. The van der Waals surface area contributed by atoms with Gasteiger partial charge in [-0.25, -0.2) is 13.4 Å². The first-order valence-corrected chi connectivity index (χ1v) is 5.97. The van der Waals surface area contributed by atoms with Crippen molar-refractivity contribution in [1.29, 1.82) is 0 Å². The van der Waals surface area contributed by atoms with Gasteiger partial charge in [-0.05, 0) is 19.8 Å². The Morgan fingerprint density at radius 1 is 1.46 bits per heavy atom. The molecule has 1 aliphatic carbocycles. The summed E-state index contributed by atoms with van der Waals surface area (Å²) in [6.45, 7) is 1.65. The summed E-state index contributed by atoms with van der Waals surface area (Å²) in [5.74, 6) is 1.51. The summed E-state index contributed by atoms with van der Waals surface area (Å²) in [4.78, 5) is 4.11. The van der Waals surface area contributed by atoms with Crippen LogP contribution < -0.4 is 0 Å². The zero-order valence-electron chi connectivity index (χ0n) is 7.56. The van der Waals surface area contributed by atoms with Gasteiger partial charge in [0.1, 0.15) is 5.82 Å². The number of nitrogens with zero attached hydrogens (tertiary/aromatic N) is 3. The molecule has 72 valence electrons. The van der Waals surface area contributed by atoms with Gasteiger partial charge in [0.05, 0.1) is 6.26 Å². The molecule has 1 heterocycles. The second-order valence-corrected chi connectivity index (χ2v) is 5.21. The summed E-state index contributed by atoms with van der Waals surface area (Å²) in [7, 11) is -3.28. The van der Waals surface area contributed by atoms with Crippen molar-refractivity contribution in [3.05, 3.63) is 11.6 Å². The lowest BCUT2D eigenvalue weighted by molar-refractivity contribution is 0.583. The average molecular weight is 201 g/mol. The normalized spacial score (nSPS) is 17.7. The molecule has 0 aromatic carbocycles. The molecule has 0 bridgehead atoms. The third-order valence-electron chi connectivity index (χ3n) is 2.00. The molecule has 0 radical (unpaired) electrons. The second kappa shape index (κ2) is 2.54. The van der Waals surface area contributed by atoms with Crippen LogP contribution in [0, 0.1) is 6.92 Å². The number of hydrogen-bond donors (Lipinski definition) is 0. The Balaban J connectivity index is 2.47. The SMILES string of the molecule is Cc1nc(C2CC2)nn1S(C)(=O)=O. The van der Waals surface area contributed by atoms with Crippen molar-refractivity contribution >= 4 is 10.0 Å². The molecule has 0 atom stereocenters. The molecular formula is C7H11N3O2S. The maximum Gasteiger partial charge on any atom is 0.252 e. The van der Waals surface area contributed by atoms with E-state index >= 15 is 0 Å². The van der Waals surface area contributed by atoms with E-state index in [1.807, 2.05) is 0 Å². The maximum atomic E-state index is 11.2. The summed E-state index contributed by atoms with van der Waals surface area (Å²) in [6, 6.07) is 0. The average Bonchev–Trinajstić information content (AvgIpc) is 2.73. The topological polar surface area (TPSA) is 64.8 Å². The fourth-order valence-electron chi connectivity index (χ4n) is 1.22. The third-order valence-corrected chi connectivity index (χ3v) is 2.98. The molecular weight excluding hydrogens is 190 g/mol. The minimum absolute atomic E-state index is 0.390. The van der Waals surface area contributed by atoms with Crippen molar-refractivity contribution in [3.63, 3.8) is 0 Å². The minimum atomic E-state index is -3.28. The first-order chi connectivity index (χ1) is 5.98. The number of aromatic nitrogens is 3. The minimum Gasteiger partial charge on any atom is -0.215 e. The Bertz CT molecular complexity index is 431. The monoisotopic (exact) mass is 201 g/mol. The van der Waals surface area contributed by atoms with Crippen LogP contribution in [0.1, 0.15) is 30.4 Å². The molecule has 0 spiro atoms. The molecule has 1 aromatic heterocycles. The Morgan fingerprint density at radius 2 is 2.08 bits per heavy atom. The van der Waals surface area contributed by atoms with Gasteiger partial charge in [-0.3, -0.25) is 0 Å². The standard InChI is InChI=1S/C7H11N3O2S/c1-5-8-7(6-3-4-6)9-10(5)13(2,11)12/h6H,3-4H2,1-2H3. The summed E-state index contributed by atoms with van der Waals surface area (Å²) in [5, 5.41) is 3.96. The Kier molecular flexibility index (Phi) is 1.69. The first kappa shape index (κ1) is 8.68. The number of rotatable bonds is 2. The van der Waals surface area contributed by atoms with Crippen LogP contribution >= 0.6 is 0 Å². The van der Waals surface area contributed by atoms with Gasteiger partial charge < -0.3 is 0 Å². The highest BCUT2D eigenvalue weighted by atomic mass is 32.2. The first-order valence-electron chi connectivity index (χ1n) is 4.12. The van der Waals surface area contributed by atoms with E-state index in [1.165, 1.54) is 0 Å². The van der Waals surface area contributed by atoms with Gasteiger partial charge in [0.25, 0.3) is 10.0 Å². The third kappa shape index (κ3) is 1.58. The van der Waals surface area contributed by atoms with Crippen molar-refractivity contribution in [1.82, 2.24) is 14.2 Å². The predicted molar refractivity (Wildman–Crippen MR) is 47.0 cm³/mol. The van der Waals surface area contributed by atoms with E-state index in [1.54, 1.807) is 6.92 Å². The molecule has 0 aliphatic heterocycles. The lowest BCUT2D eigenvalue weighted by Crippen LogP contribution is -2.13. The van der Waals surface area contributed by atoms with E-state index in [0.29, 0.717) is 17.6 Å². The summed E-state index contributed by atoms with van der Waals surface area (Å²) in [6.07, 6.45) is 3.28. The fraction of sp³-hybridized carbons (Fsp3) is 0.714. The zero-order chi connectivity index (χ0) is 9.64. The molecule has 1 fully saturated rings. The summed E-state index contributed by atoms with van der Waals surface area (Å²) < 4.78 is 23.3. The Labute approximate surface area is 76.8 Å². The Hall–Kier alpha value is -0.910. The van der Waals surface area contributed by atoms with Crippen molar-refractivity contribution in [2.24, 2.45) is 0 Å². The van der Waals surface area contributed by atoms with Crippen molar-refractivity contribution in [2.75, 3.05) is 6.26 Å². The van der Waals surface area contributed by atoms with Crippen LogP contribution in [-0.4, -0.2) is 28.8 Å². The van der Waals surface area contributed by atoms with Crippen LogP contribution in [0.3, 0.4) is 0 Å². The molecule has 13 heavy (non-hydrogen) atoms. The quantitative estimate of drug-likeness (QED) is 0.689. The van der Waals surface area contributed by atoms with Crippen molar-refractivity contribution in [3.8, 4) is 0 Å². The molecule has 2 rings (SSSR count). The number of aryl methyl sites for hydroxylation is 1. The molecule has 1 saturated carbocycles. The highest BCUT2D eigenvalue weighted by molar-refractivity contribution is 7.89. The Morgan fingerprint density at radius 3 is 2.46 bits per heavy atom. The van der Waals surface area contributed by atoms with Gasteiger partial charge in [-0.2, -0.15) is 0 Å². The predicted octanol–water partition coefficient (Wildman–Crippen LogP) is 0.272. The molecule has 1 aliphatic rings. The molecule has 0 saturated heterocycles. The molecule has 0 N–H and O–H groups in total. The zero-order valence-corrected chi connectivity index (χ0v) is 8.37. The molecule has 0 unspecified atom stereocenters. The van der Waals surface area contributed by atoms with Gasteiger partial charge in [-0.1, -0.05) is 0 Å². The van der Waals surface area contributed by atoms with Gasteiger partial charge in [-0.15, -0.1) is 9.19 Å². The van der Waals surface area contributed by atoms with Gasteiger partial charge in [0.15, 0.2) is 5.82 Å². The van der Waals surface area contributed by atoms with E-state index in [9.17, 15) is 8.42 Å². The number of hydrogen-bond acceptors (Lipinski definition) is 4. The largest absolute Gasteiger partial charge is 0.252 e. The van der Waals surface area contributed by atoms with Crippen LogP contribution in [0.2, 0.25) is 0 Å². The smallest absolute Gasteiger partial charge is 0.215 e. The lowest BCUT2D eigenvalue weighted by Gasteiger charge is -1.96. The van der Waals surface area contributed by atoms with E-state index < -0.39 is 10.0 Å². The lowest BCUT2D eigenvalue weighted by atomic mass is 10.4. The van der Waals surface area contributed by atoms with E-state index in [2.05, 4.69) is 10.1 Å². The van der Waals surface area contributed by atoms with Gasteiger partial charge in [0, 0.05) is 5.92 Å². The van der Waals surface area contributed by atoms with Crippen molar-refractivity contribution < 1.29 is 8.42 Å². The molecule has 0 amide bonds. The van der Waals surface area contributed by atoms with E-state index in [4.69, 9.17) is 0 Å². The molecule has 1 aromatic rings. The molecule has 5 nitrogen and oxygen atoms in total.